The van der Waals surface area contributed by atoms with Gasteiger partial charge in [0.05, 0.1) is 4.92 Å². The molecule has 0 saturated carbocycles. The summed E-state index contributed by atoms with van der Waals surface area (Å²) in [5.74, 6) is -0.415. The lowest BCUT2D eigenvalue weighted by Gasteiger charge is -2.31. The minimum atomic E-state index is -0.492. The van der Waals surface area contributed by atoms with E-state index in [0.29, 0.717) is 37.2 Å². The molecule has 2 aromatic rings. The molecule has 0 spiro atoms. The van der Waals surface area contributed by atoms with Crippen LogP contribution in [-0.2, 0) is 10.2 Å². The van der Waals surface area contributed by atoms with Gasteiger partial charge in [-0.3, -0.25) is 19.7 Å². The summed E-state index contributed by atoms with van der Waals surface area (Å²) in [5, 5.41) is 13.6. The summed E-state index contributed by atoms with van der Waals surface area (Å²) in [6.07, 6.45) is 1.12. The third-order valence-corrected chi connectivity index (χ3v) is 5.48. The first-order chi connectivity index (χ1) is 14.1. The quantitative estimate of drug-likeness (QED) is 0.599. The molecular weight excluding hydrogens is 382 g/mol. The smallest absolute Gasteiger partial charge is 0.271 e. The van der Waals surface area contributed by atoms with Crippen LogP contribution in [-0.4, -0.2) is 34.7 Å². The highest BCUT2D eigenvalue weighted by molar-refractivity contribution is 5.95. The Labute approximate surface area is 176 Å². The maximum absolute atomic E-state index is 12.8. The van der Waals surface area contributed by atoms with Crippen molar-refractivity contribution in [2.75, 3.05) is 18.4 Å². The van der Waals surface area contributed by atoms with Crippen LogP contribution in [0, 0.1) is 16.0 Å². The molecule has 0 atom stereocenters. The first-order valence-electron chi connectivity index (χ1n) is 10.1. The average Bonchev–Trinajstić information content (AvgIpc) is 2.73. The zero-order valence-corrected chi connectivity index (χ0v) is 17.6. The molecule has 1 fully saturated rings. The van der Waals surface area contributed by atoms with E-state index in [1.54, 1.807) is 17.0 Å². The molecule has 7 nitrogen and oxygen atoms in total. The van der Waals surface area contributed by atoms with E-state index in [1.165, 1.54) is 17.7 Å². The lowest BCUT2D eigenvalue weighted by molar-refractivity contribution is -0.384. The molecule has 1 aliphatic heterocycles. The minimum absolute atomic E-state index is 0.0204. The normalized spacial score (nSPS) is 15.0. The van der Waals surface area contributed by atoms with Crippen LogP contribution in [0.1, 0.15) is 49.5 Å². The summed E-state index contributed by atoms with van der Waals surface area (Å²) < 4.78 is 0. The molecule has 158 valence electrons. The van der Waals surface area contributed by atoms with E-state index in [1.807, 2.05) is 24.3 Å². The third-order valence-electron chi connectivity index (χ3n) is 5.48. The van der Waals surface area contributed by atoms with Gasteiger partial charge in [0.15, 0.2) is 0 Å². The zero-order chi connectivity index (χ0) is 21.9. The fourth-order valence-corrected chi connectivity index (χ4v) is 3.58. The van der Waals surface area contributed by atoms with Crippen LogP contribution in [0.4, 0.5) is 11.4 Å². The first-order valence-corrected chi connectivity index (χ1v) is 10.1. The number of rotatable bonds is 4. The lowest BCUT2D eigenvalue weighted by Crippen LogP contribution is -2.41. The van der Waals surface area contributed by atoms with Gasteiger partial charge in [-0.15, -0.1) is 0 Å². The number of piperidine rings is 1. The molecule has 0 unspecified atom stereocenters. The predicted octanol–water partition coefficient (Wildman–Crippen LogP) is 4.38. The van der Waals surface area contributed by atoms with Crippen LogP contribution in [0.2, 0.25) is 0 Å². The van der Waals surface area contributed by atoms with Crippen molar-refractivity contribution in [3.8, 4) is 0 Å². The number of carbonyl (C=O) groups excluding carboxylic acids is 2. The maximum Gasteiger partial charge on any atom is 0.271 e. The number of likely N-dealkylation sites (tertiary alicyclic amines) is 1. The van der Waals surface area contributed by atoms with Crippen LogP contribution < -0.4 is 5.32 Å². The van der Waals surface area contributed by atoms with Crippen molar-refractivity contribution in [2.24, 2.45) is 5.92 Å². The second kappa shape index (κ2) is 8.65. The van der Waals surface area contributed by atoms with E-state index in [0.717, 1.165) is 0 Å². The summed E-state index contributed by atoms with van der Waals surface area (Å²) >= 11 is 0. The van der Waals surface area contributed by atoms with Gasteiger partial charge in [0, 0.05) is 42.4 Å². The van der Waals surface area contributed by atoms with Crippen molar-refractivity contribution >= 4 is 23.2 Å². The number of nitro groups is 1. The number of hydrogen-bond acceptors (Lipinski definition) is 4. The van der Waals surface area contributed by atoms with Crippen LogP contribution in [0.3, 0.4) is 0 Å². The van der Waals surface area contributed by atoms with Crippen molar-refractivity contribution < 1.29 is 14.5 Å². The Balaban J connectivity index is 1.56. The second-order valence-electron chi connectivity index (χ2n) is 8.69. The van der Waals surface area contributed by atoms with E-state index in [9.17, 15) is 19.7 Å². The van der Waals surface area contributed by atoms with Crippen LogP contribution >= 0.6 is 0 Å². The summed E-state index contributed by atoms with van der Waals surface area (Å²) in [5.41, 5.74) is 2.21. The average molecular weight is 409 g/mol. The Hall–Kier alpha value is -3.22. The van der Waals surface area contributed by atoms with E-state index < -0.39 is 4.92 Å². The Morgan fingerprint density at radius 1 is 1.07 bits per heavy atom. The van der Waals surface area contributed by atoms with Crippen molar-refractivity contribution in [3.05, 3.63) is 69.8 Å². The van der Waals surface area contributed by atoms with Crippen LogP contribution in [0.15, 0.2) is 48.5 Å². The Morgan fingerprint density at radius 3 is 2.27 bits per heavy atom. The van der Waals surface area contributed by atoms with Crippen molar-refractivity contribution in [1.82, 2.24) is 4.90 Å². The number of nitrogens with zero attached hydrogens (tertiary/aromatic N) is 2. The van der Waals surface area contributed by atoms with Crippen molar-refractivity contribution in [3.63, 3.8) is 0 Å². The number of nitrogens with one attached hydrogen (secondary N) is 1. The number of non-ortho nitro benzene ring substituents is 1. The molecule has 2 aromatic carbocycles. The number of benzene rings is 2. The van der Waals surface area contributed by atoms with Gasteiger partial charge in [0.1, 0.15) is 0 Å². The zero-order valence-electron chi connectivity index (χ0n) is 17.6. The summed E-state index contributed by atoms with van der Waals surface area (Å²) in [7, 11) is 0. The van der Waals surface area contributed by atoms with Crippen molar-refractivity contribution in [2.45, 2.75) is 39.0 Å². The molecule has 1 N–H and O–H groups in total. The molecular formula is C23H27N3O4. The first kappa shape index (κ1) is 21.5. The van der Waals surface area contributed by atoms with E-state index in [4.69, 9.17) is 0 Å². The van der Waals surface area contributed by atoms with E-state index in [-0.39, 0.29) is 28.8 Å². The molecule has 1 heterocycles. The topological polar surface area (TPSA) is 92.6 Å². The molecule has 0 aliphatic carbocycles. The molecule has 2 amide bonds. The Morgan fingerprint density at radius 2 is 1.70 bits per heavy atom. The SMILES string of the molecule is CC(C)(C)c1ccc(C(=O)N2CCC(C(=O)Nc3cccc([N+](=O)[O-])c3)CC2)cc1. The van der Waals surface area contributed by atoms with Gasteiger partial charge in [-0.1, -0.05) is 39.0 Å². The highest BCUT2D eigenvalue weighted by Gasteiger charge is 2.28. The lowest BCUT2D eigenvalue weighted by atomic mass is 9.86. The molecule has 1 aliphatic rings. The largest absolute Gasteiger partial charge is 0.339 e. The van der Waals surface area contributed by atoms with Gasteiger partial charge >= 0.3 is 0 Å². The molecule has 3 rings (SSSR count). The van der Waals surface area contributed by atoms with Gasteiger partial charge < -0.3 is 10.2 Å². The van der Waals surface area contributed by atoms with Gasteiger partial charge in [0.2, 0.25) is 5.91 Å². The standard InChI is InChI=1S/C23H27N3O4/c1-23(2,3)18-9-7-17(8-10-18)22(28)25-13-11-16(12-14-25)21(27)24-19-5-4-6-20(15-19)26(29)30/h4-10,15-16H,11-14H2,1-3H3,(H,24,27). The predicted molar refractivity (Wildman–Crippen MR) is 115 cm³/mol. The number of hydrogen-bond donors (Lipinski definition) is 1. The second-order valence-corrected chi connectivity index (χ2v) is 8.69. The Kier molecular flexibility index (Phi) is 6.20. The third kappa shape index (κ3) is 5.03. The number of amides is 2. The van der Waals surface area contributed by atoms with Gasteiger partial charge in [-0.2, -0.15) is 0 Å². The summed E-state index contributed by atoms with van der Waals surface area (Å²) in [6, 6.07) is 13.6. The highest BCUT2D eigenvalue weighted by atomic mass is 16.6. The van der Waals surface area contributed by atoms with Gasteiger partial charge in [-0.25, -0.2) is 0 Å². The molecule has 0 aromatic heterocycles. The minimum Gasteiger partial charge on any atom is -0.339 e. The summed E-state index contributed by atoms with van der Waals surface area (Å²) in [6.45, 7) is 7.41. The molecule has 0 radical (unpaired) electrons. The van der Waals surface area contributed by atoms with E-state index in [2.05, 4.69) is 26.1 Å². The number of nitro benzene ring substituents is 1. The van der Waals surface area contributed by atoms with Gasteiger partial charge in [-0.05, 0) is 42.0 Å². The number of carbonyl (C=O) groups is 2. The maximum atomic E-state index is 12.8. The highest BCUT2D eigenvalue weighted by Crippen LogP contribution is 2.25. The molecule has 7 heteroatoms. The molecule has 30 heavy (non-hydrogen) atoms. The Bertz CT molecular complexity index is 940. The monoisotopic (exact) mass is 409 g/mol. The number of anilines is 1. The van der Waals surface area contributed by atoms with Crippen molar-refractivity contribution in [1.29, 1.82) is 0 Å². The summed E-state index contributed by atoms with van der Waals surface area (Å²) in [4.78, 5) is 37.5. The molecule has 1 saturated heterocycles. The van der Waals surface area contributed by atoms with Gasteiger partial charge in [0.25, 0.3) is 11.6 Å². The van der Waals surface area contributed by atoms with E-state index >= 15 is 0 Å². The fraction of sp³-hybridized carbons (Fsp3) is 0.391. The molecule has 0 bridgehead atoms. The fourth-order valence-electron chi connectivity index (χ4n) is 3.58. The van der Waals surface area contributed by atoms with Crippen LogP contribution in [0.5, 0.6) is 0 Å². The van der Waals surface area contributed by atoms with Crippen LogP contribution in [0.25, 0.3) is 0 Å².